The molecule has 2 aromatic rings. The molecule has 0 fully saturated rings. The Morgan fingerprint density at radius 3 is 2.72 bits per heavy atom. The predicted molar refractivity (Wildman–Crippen MR) is 107 cm³/mol. The van der Waals surface area contributed by atoms with Crippen LogP contribution in [0.1, 0.15) is 5.69 Å². The maximum absolute atomic E-state index is 11.1. The zero-order chi connectivity index (χ0) is 20.2. The summed E-state index contributed by atoms with van der Waals surface area (Å²) >= 11 is 1.26. The number of hydrogen-bond acceptors (Lipinski definition) is 10. The summed E-state index contributed by atoms with van der Waals surface area (Å²) in [7, 11) is 1.59. The van der Waals surface area contributed by atoms with Crippen molar-refractivity contribution in [2.75, 3.05) is 12.1 Å². The number of methoxy groups -OCH3 is 1. The molecule has 146 valence electrons. The lowest BCUT2D eigenvalue weighted by Crippen LogP contribution is -2.30. The third kappa shape index (κ3) is 4.08. The molecule has 0 bridgehead atoms. The van der Waals surface area contributed by atoms with Gasteiger partial charge in [-0.15, -0.1) is 16.5 Å². The van der Waals surface area contributed by atoms with Crippen LogP contribution in [0.25, 0.3) is 5.70 Å². The number of aliphatic hydroxyl groups is 1. The van der Waals surface area contributed by atoms with Gasteiger partial charge in [0.15, 0.2) is 11.5 Å². The number of nitrogens with zero attached hydrogens (tertiary/aromatic N) is 4. The van der Waals surface area contributed by atoms with Crippen molar-refractivity contribution < 1.29 is 19.5 Å². The summed E-state index contributed by atoms with van der Waals surface area (Å²) in [5.74, 6) is 0.338. The number of carbonyl (C=O) groups is 1. The fourth-order valence-corrected chi connectivity index (χ4v) is 3.16. The average molecular weight is 409 g/mol. The van der Waals surface area contributed by atoms with Crippen LogP contribution in [-0.4, -0.2) is 23.0 Å². The SMILES string of the molecule is COc1ccc(N2NOC(O)=C2c2csc(N=NC=C3C=CC(=O)C=C3)n2)cc1. The summed E-state index contributed by atoms with van der Waals surface area (Å²) in [4.78, 5) is 20.5. The van der Waals surface area contributed by atoms with Crippen LogP contribution >= 0.6 is 11.3 Å². The number of allylic oxidation sites excluding steroid dienone is 5. The highest BCUT2D eigenvalue weighted by atomic mass is 32.1. The Labute approximate surface area is 169 Å². The molecule has 1 aliphatic carbocycles. The lowest BCUT2D eigenvalue weighted by molar-refractivity contribution is -0.110. The minimum Gasteiger partial charge on any atom is -0.497 e. The number of thiazole rings is 1. The van der Waals surface area contributed by atoms with Gasteiger partial charge in [0.1, 0.15) is 11.4 Å². The molecule has 1 aromatic heterocycles. The number of ether oxygens (including phenoxy) is 1. The molecule has 0 atom stereocenters. The highest BCUT2D eigenvalue weighted by Gasteiger charge is 2.29. The van der Waals surface area contributed by atoms with Crippen LogP contribution in [0.5, 0.6) is 5.75 Å². The van der Waals surface area contributed by atoms with Gasteiger partial charge in [-0.2, -0.15) is 5.11 Å². The standard InChI is InChI=1S/C19H15N5O4S/c1-27-15-8-4-13(5-9-15)24-17(18(26)28-23-24)16-11-29-19(21-16)22-20-10-12-2-6-14(25)7-3-12/h2-11,23,26H,1H3. The van der Waals surface area contributed by atoms with Crippen molar-refractivity contribution >= 4 is 33.6 Å². The number of hydrogen-bond donors (Lipinski definition) is 2. The van der Waals surface area contributed by atoms with E-state index in [2.05, 4.69) is 20.8 Å². The van der Waals surface area contributed by atoms with Crippen molar-refractivity contribution in [2.24, 2.45) is 10.2 Å². The van der Waals surface area contributed by atoms with Gasteiger partial charge in [0.25, 0.3) is 0 Å². The highest BCUT2D eigenvalue weighted by Crippen LogP contribution is 2.33. The molecule has 0 amide bonds. The molecule has 0 spiro atoms. The first kappa shape index (κ1) is 18.6. The molecule has 4 rings (SSSR count). The summed E-state index contributed by atoms with van der Waals surface area (Å²) in [6.45, 7) is 0. The van der Waals surface area contributed by atoms with Gasteiger partial charge in [0, 0.05) is 5.38 Å². The minimum atomic E-state index is -0.307. The molecule has 0 saturated carbocycles. The van der Waals surface area contributed by atoms with Gasteiger partial charge in [-0.1, -0.05) is 5.59 Å². The number of rotatable bonds is 5. The molecule has 10 heteroatoms. The molecule has 1 aromatic carbocycles. The molecular formula is C19H15N5O4S. The Kier molecular flexibility index (Phi) is 5.18. The van der Waals surface area contributed by atoms with Gasteiger partial charge in [-0.3, -0.25) is 4.79 Å². The van der Waals surface area contributed by atoms with E-state index in [1.807, 2.05) is 12.1 Å². The summed E-state index contributed by atoms with van der Waals surface area (Å²) in [6, 6.07) is 7.20. The Morgan fingerprint density at radius 1 is 1.24 bits per heavy atom. The lowest BCUT2D eigenvalue weighted by Gasteiger charge is -2.17. The molecular weight excluding hydrogens is 394 g/mol. The molecule has 0 saturated heterocycles. The maximum Gasteiger partial charge on any atom is 0.327 e. The first-order valence-corrected chi connectivity index (χ1v) is 9.29. The van der Waals surface area contributed by atoms with E-state index in [1.54, 1.807) is 41.8 Å². The van der Waals surface area contributed by atoms with Gasteiger partial charge in [-0.25, -0.2) is 9.99 Å². The number of hydrazine groups is 1. The number of aliphatic hydroxyl groups excluding tert-OH is 1. The van der Waals surface area contributed by atoms with E-state index in [1.165, 1.54) is 29.7 Å². The molecule has 0 unspecified atom stereocenters. The smallest absolute Gasteiger partial charge is 0.327 e. The number of nitrogens with one attached hydrogen (secondary N) is 1. The number of benzene rings is 1. The number of ketones is 1. The third-order valence-corrected chi connectivity index (χ3v) is 4.68. The third-order valence-electron chi connectivity index (χ3n) is 3.96. The Morgan fingerprint density at radius 2 is 2.00 bits per heavy atom. The first-order valence-electron chi connectivity index (χ1n) is 8.41. The molecule has 29 heavy (non-hydrogen) atoms. The van der Waals surface area contributed by atoms with Crippen LogP contribution in [0, 0.1) is 0 Å². The van der Waals surface area contributed by atoms with E-state index in [0.717, 1.165) is 11.3 Å². The van der Waals surface area contributed by atoms with Crippen molar-refractivity contribution in [2.45, 2.75) is 0 Å². The Balaban J connectivity index is 1.52. The quantitative estimate of drug-likeness (QED) is 0.720. The summed E-state index contributed by atoms with van der Waals surface area (Å²) in [5, 5.41) is 21.9. The first-order chi connectivity index (χ1) is 14.1. The molecule has 2 heterocycles. The number of aromatic nitrogens is 1. The average Bonchev–Trinajstić information content (AvgIpc) is 3.36. The molecule has 9 nitrogen and oxygen atoms in total. The van der Waals surface area contributed by atoms with Crippen LogP contribution in [-0.2, 0) is 9.63 Å². The van der Waals surface area contributed by atoms with Gasteiger partial charge < -0.3 is 14.7 Å². The number of anilines is 1. The molecule has 2 N–H and O–H groups in total. The fraction of sp³-hybridized carbons (Fsp3) is 0.0526. The van der Waals surface area contributed by atoms with Gasteiger partial charge in [0.05, 0.1) is 19.0 Å². The maximum atomic E-state index is 11.1. The van der Waals surface area contributed by atoms with Gasteiger partial charge >= 0.3 is 5.95 Å². The van der Waals surface area contributed by atoms with Crippen molar-refractivity contribution in [3.8, 4) is 5.75 Å². The van der Waals surface area contributed by atoms with E-state index in [-0.39, 0.29) is 11.7 Å². The highest BCUT2D eigenvalue weighted by molar-refractivity contribution is 7.13. The van der Waals surface area contributed by atoms with E-state index in [0.29, 0.717) is 22.3 Å². The second-order valence-corrected chi connectivity index (χ2v) is 6.65. The van der Waals surface area contributed by atoms with Crippen LogP contribution in [0.15, 0.2) is 81.9 Å². The Bertz CT molecular complexity index is 1060. The molecule has 2 aliphatic rings. The second-order valence-electron chi connectivity index (χ2n) is 5.81. The summed E-state index contributed by atoms with van der Waals surface area (Å²) in [6.07, 6.45) is 7.76. The van der Waals surface area contributed by atoms with E-state index in [9.17, 15) is 9.90 Å². The normalized spacial score (nSPS) is 16.1. The van der Waals surface area contributed by atoms with Crippen molar-refractivity contribution in [3.63, 3.8) is 0 Å². The van der Waals surface area contributed by atoms with Crippen LogP contribution < -0.4 is 15.3 Å². The van der Waals surface area contributed by atoms with Crippen LogP contribution in [0.4, 0.5) is 10.8 Å². The summed E-state index contributed by atoms with van der Waals surface area (Å²) < 4.78 is 5.16. The number of carbonyl (C=O) groups excluding carboxylic acids is 1. The molecule has 1 aliphatic heterocycles. The van der Waals surface area contributed by atoms with Gasteiger partial charge in [-0.05, 0) is 54.1 Å². The Hall–Kier alpha value is -3.76. The van der Waals surface area contributed by atoms with Crippen LogP contribution in [0.2, 0.25) is 0 Å². The van der Waals surface area contributed by atoms with E-state index >= 15 is 0 Å². The van der Waals surface area contributed by atoms with Crippen LogP contribution in [0.3, 0.4) is 0 Å². The van der Waals surface area contributed by atoms with Crippen molar-refractivity contribution in [1.82, 2.24) is 10.6 Å². The number of azo groups is 1. The zero-order valence-electron chi connectivity index (χ0n) is 15.1. The van der Waals surface area contributed by atoms with Crippen molar-refractivity contribution in [1.29, 1.82) is 0 Å². The molecule has 0 radical (unpaired) electrons. The van der Waals surface area contributed by atoms with E-state index < -0.39 is 0 Å². The van der Waals surface area contributed by atoms with Gasteiger partial charge in [0.2, 0.25) is 5.13 Å². The van der Waals surface area contributed by atoms with Crippen molar-refractivity contribution in [3.05, 3.63) is 77.4 Å². The van der Waals surface area contributed by atoms with E-state index in [4.69, 9.17) is 9.57 Å². The minimum absolute atomic E-state index is 0.0643. The lowest BCUT2D eigenvalue weighted by atomic mass is 10.1. The monoisotopic (exact) mass is 409 g/mol. The zero-order valence-corrected chi connectivity index (χ0v) is 16.0. The largest absolute Gasteiger partial charge is 0.497 e. The summed E-state index contributed by atoms with van der Waals surface area (Å²) in [5.41, 5.74) is 4.93. The topological polar surface area (TPSA) is 109 Å². The second kappa shape index (κ2) is 8.09. The predicted octanol–water partition coefficient (Wildman–Crippen LogP) is 3.95. The fourth-order valence-electron chi connectivity index (χ4n) is 2.53.